The molecule has 0 fully saturated rings. The molecule has 0 saturated heterocycles. The average molecular weight is 306 g/mol. The molecule has 0 amide bonds. The highest BCUT2D eigenvalue weighted by Crippen LogP contribution is 2.38. The van der Waals surface area contributed by atoms with Crippen LogP contribution in [0.25, 0.3) is 5.57 Å². The maximum Gasteiger partial charge on any atom is 0.269 e. The van der Waals surface area contributed by atoms with Crippen LogP contribution in [0.2, 0.25) is 0 Å². The van der Waals surface area contributed by atoms with Gasteiger partial charge in [0.1, 0.15) is 12.0 Å². The number of hydrogen-bond acceptors (Lipinski definition) is 6. The van der Waals surface area contributed by atoms with Gasteiger partial charge in [0.2, 0.25) is 0 Å². The maximum absolute atomic E-state index is 10.7. The van der Waals surface area contributed by atoms with E-state index in [0.717, 1.165) is 16.8 Å². The predicted octanol–water partition coefficient (Wildman–Crippen LogP) is 1.79. The smallest absolute Gasteiger partial charge is 0.269 e. The molecule has 2 heterocycles. The summed E-state index contributed by atoms with van der Waals surface area (Å²) in [6, 6.07) is 6.34. The minimum Gasteiger partial charge on any atom is -0.382 e. The van der Waals surface area contributed by atoms with Gasteiger partial charge >= 0.3 is 0 Å². The van der Waals surface area contributed by atoms with Gasteiger partial charge in [-0.05, 0) is 23.3 Å². The first kappa shape index (κ1) is 13.6. The van der Waals surface area contributed by atoms with Crippen LogP contribution in [0.15, 0.2) is 40.1 Å². The Bertz CT molecular complexity index is 680. The molecule has 1 unspecified atom stereocenters. The Hall–Kier alpha value is -2.41. The Kier molecular flexibility index (Phi) is 3.34. The van der Waals surface area contributed by atoms with Gasteiger partial charge in [-0.15, -0.1) is 11.6 Å². The first-order valence-electron chi connectivity index (χ1n) is 6.30. The zero-order chi connectivity index (χ0) is 15.0. The fourth-order valence-electron chi connectivity index (χ4n) is 2.57. The molecule has 8 heteroatoms. The van der Waals surface area contributed by atoms with Crippen LogP contribution in [-0.4, -0.2) is 34.5 Å². The van der Waals surface area contributed by atoms with E-state index in [9.17, 15) is 10.1 Å². The van der Waals surface area contributed by atoms with Crippen molar-refractivity contribution in [2.45, 2.75) is 0 Å². The highest BCUT2D eigenvalue weighted by molar-refractivity contribution is 6.19. The molecule has 0 saturated carbocycles. The molecule has 1 aromatic carbocycles. The van der Waals surface area contributed by atoms with Crippen LogP contribution in [0.3, 0.4) is 0 Å². The number of amidine groups is 1. The van der Waals surface area contributed by atoms with Crippen LogP contribution >= 0.6 is 11.6 Å². The number of fused-ring (bicyclic) bond motifs is 1. The molecule has 0 aromatic heterocycles. The third-order valence-corrected chi connectivity index (χ3v) is 3.89. The van der Waals surface area contributed by atoms with Gasteiger partial charge in [-0.25, -0.2) is 4.99 Å². The normalized spacial score (nSPS) is 20.5. The van der Waals surface area contributed by atoms with E-state index in [-0.39, 0.29) is 11.6 Å². The third-order valence-electron chi connectivity index (χ3n) is 3.52. The predicted molar refractivity (Wildman–Crippen MR) is 81.0 cm³/mol. The first-order chi connectivity index (χ1) is 10.1. The second kappa shape index (κ2) is 5.17. The van der Waals surface area contributed by atoms with Crippen molar-refractivity contribution >= 4 is 35.0 Å². The Balaban J connectivity index is 2.09. The fraction of sp³-hybridized carbons (Fsp3) is 0.231. The average Bonchev–Trinajstić information content (AvgIpc) is 2.87. The van der Waals surface area contributed by atoms with E-state index in [4.69, 9.17) is 17.3 Å². The number of hydrogen-bond donors (Lipinski definition) is 1. The maximum atomic E-state index is 10.7. The number of hydrazone groups is 1. The number of aliphatic imine (C=N–C) groups is 1. The van der Waals surface area contributed by atoms with E-state index >= 15 is 0 Å². The van der Waals surface area contributed by atoms with Crippen molar-refractivity contribution in [1.82, 2.24) is 5.01 Å². The molecule has 1 atom stereocenters. The second-order valence-electron chi connectivity index (χ2n) is 4.74. The van der Waals surface area contributed by atoms with Crippen LogP contribution < -0.4 is 5.73 Å². The Labute approximate surface area is 125 Å². The first-order valence-corrected chi connectivity index (χ1v) is 6.84. The lowest BCUT2D eigenvalue weighted by atomic mass is 9.94. The van der Waals surface area contributed by atoms with Crippen molar-refractivity contribution in [3.05, 3.63) is 45.6 Å². The summed E-state index contributed by atoms with van der Waals surface area (Å²) >= 11 is 6.05. The summed E-state index contributed by atoms with van der Waals surface area (Å²) in [5.74, 6) is 0.841. The SMILES string of the molecule is NC1=NC=NN2CC(CCl)C(c3ccc([N+](=O)[O-])cc3)=C12. The van der Waals surface area contributed by atoms with E-state index in [1.807, 2.05) is 0 Å². The molecule has 2 aliphatic heterocycles. The molecule has 3 rings (SSSR count). The fourth-order valence-corrected chi connectivity index (χ4v) is 2.82. The molecular formula is C13H12ClN5O2. The van der Waals surface area contributed by atoms with Crippen LogP contribution in [0.4, 0.5) is 5.69 Å². The van der Waals surface area contributed by atoms with Crippen LogP contribution in [0.5, 0.6) is 0 Å². The zero-order valence-corrected chi connectivity index (χ0v) is 11.7. The van der Waals surface area contributed by atoms with E-state index in [1.54, 1.807) is 17.1 Å². The summed E-state index contributed by atoms with van der Waals surface area (Å²) in [6.07, 6.45) is 1.41. The zero-order valence-electron chi connectivity index (χ0n) is 10.9. The van der Waals surface area contributed by atoms with Crippen molar-refractivity contribution in [3.8, 4) is 0 Å². The Morgan fingerprint density at radius 2 is 2.14 bits per heavy atom. The largest absolute Gasteiger partial charge is 0.382 e. The second-order valence-corrected chi connectivity index (χ2v) is 5.05. The van der Waals surface area contributed by atoms with E-state index in [0.29, 0.717) is 18.3 Å². The lowest BCUT2D eigenvalue weighted by Crippen LogP contribution is -2.28. The van der Waals surface area contributed by atoms with Gasteiger partial charge in [0.15, 0.2) is 5.84 Å². The highest BCUT2D eigenvalue weighted by atomic mass is 35.5. The summed E-state index contributed by atoms with van der Waals surface area (Å²) in [4.78, 5) is 14.3. The van der Waals surface area contributed by atoms with Gasteiger partial charge in [0, 0.05) is 30.5 Å². The number of nitrogens with zero attached hydrogens (tertiary/aromatic N) is 4. The summed E-state index contributed by atoms with van der Waals surface area (Å²) in [5, 5.41) is 16.7. The molecular weight excluding hydrogens is 294 g/mol. The van der Waals surface area contributed by atoms with Crippen LogP contribution in [-0.2, 0) is 0 Å². The van der Waals surface area contributed by atoms with E-state index < -0.39 is 4.92 Å². The van der Waals surface area contributed by atoms with Crippen molar-refractivity contribution in [2.24, 2.45) is 21.7 Å². The summed E-state index contributed by atoms with van der Waals surface area (Å²) in [6.45, 7) is 0.623. The van der Waals surface area contributed by atoms with Gasteiger partial charge in [-0.2, -0.15) is 5.10 Å². The summed E-state index contributed by atoms with van der Waals surface area (Å²) in [5.41, 5.74) is 8.51. The number of nitro groups is 1. The summed E-state index contributed by atoms with van der Waals surface area (Å²) < 4.78 is 0. The molecule has 1 aromatic rings. The molecule has 0 radical (unpaired) electrons. The number of benzene rings is 1. The van der Waals surface area contributed by atoms with Gasteiger partial charge in [0.25, 0.3) is 5.69 Å². The number of alkyl halides is 1. The quantitative estimate of drug-likeness (QED) is 0.523. The monoisotopic (exact) mass is 305 g/mol. The molecule has 0 spiro atoms. The van der Waals surface area contributed by atoms with Crippen molar-refractivity contribution in [3.63, 3.8) is 0 Å². The Morgan fingerprint density at radius 1 is 1.43 bits per heavy atom. The van der Waals surface area contributed by atoms with Gasteiger partial charge in [0.05, 0.1) is 4.92 Å². The third kappa shape index (κ3) is 2.25. The highest BCUT2D eigenvalue weighted by Gasteiger charge is 2.34. The standard InChI is InChI=1S/C13H12ClN5O2/c14-5-9-6-18-12(13(15)16-7-17-18)11(9)8-1-3-10(4-2-8)19(20)21/h1-4,7,9H,5-6H2,(H2,15,16,17). The van der Waals surface area contributed by atoms with E-state index in [1.165, 1.54) is 18.5 Å². The summed E-state index contributed by atoms with van der Waals surface area (Å²) in [7, 11) is 0. The number of non-ortho nitro benzene ring substituents is 1. The van der Waals surface area contributed by atoms with Crippen molar-refractivity contribution in [2.75, 3.05) is 12.4 Å². The topological polar surface area (TPSA) is 97.1 Å². The Morgan fingerprint density at radius 3 is 2.76 bits per heavy atom. The number of nitro benzene ring substituents is 1. The number of nitrogens with two attached hydrogens (primary N) is 1. The minimum atomic E-state index is -0.428. The van der Waals surface area contributed by atoms with Gasteiger partial charge in [-0.1, -0.05) is 0 Å². The molecule has 0 bridgehead atoms. The number of rotatable bonds is 3. The van der Waals surface area contributed by atoms with Crippen LogP contribution in [0, 0.1) is 16.0 Å². The number of halogens is 1. The van der Waals surface area contributed by atoms with Crippen LogP contribution in [0.1, 0.15) is 5.56 Å². The lowest BCUT2D eigenvalue weighted by Gasteiger charge is -2.18. The molecule has 2 N–H and O–H groups in total. The molecule has 2 aliphatic rings. The van der Waals surface area contributed by atoms with Crippen molar-refractivity contribution < 1.29 is 4.92 Å². The molecule has 21 heavy (non-hydrogen) atoms. The molecule has 0 aliphatic carbocycles. The van der Waals surface area contributed by atoms with Gasteiger partial charge < -0.3 is 5.73 Å². The molecule has 108 valence electrons. The van der Waals surface area contributed by atoms with E-state index in [2.05, 4.69) is 10.1 Å². The minimum absolute atomic E-state index is 0.0462. The van der Waals surface area contributed by atoms with Crippen molar-refractivity contribution in [1.29, 1.82) is 0 Å². The molecule has 7 nitrogen and oxygen atoms in total. The lowest BCUT2D eigenvalue weighted by molar-refractivity contribution is -0.384. The van der Waals surface area contributed by atoms with Gasteiger partial charge in [-0.3, -0.25) is 15.1 Å².